The van der Waals surface area contributed by atoms with Gasteiger partial charge in [-0.25, -0.2) is 0 Å². The second-order valence-electron chi connectivity index (χ2n) is 2.19. The molecule has 0 aromatic carbocycles. The molecule has 0 aliphatic heterocycles. The molecule has 0 radical (unpaired) electrons. The zero-order valence-electron chi connectivity index (χ0n) is 7.93. The Labute approximate surface area is 78.8 Å². The predicted molar refractivity (Wildman–Crippen MR) is 50.9 cm³/mol. The van der Waals surface area contributed by atoms with Crippen molar-refractivity contribution in [1.29, 1.82) is 0 Å². The van der Waals surface area contributed by atoms with Crippen LogP contribution in [0.3, 0.4) is 0 Å². The van der Waals surface area contributed by atoms with Crippen LogP contribution in [0.25, 0.3) is 0 Å². The molecule has 0 saturated heterocycles. The second kappa shape index (κ2) is 7.50. The SMILES string of the molecule is [CH-]=P(O)(OC)OCCOCCOC. The van der Waals surface area contributed by atoms with E-state index in [9.17, 15) is 0 Å². The Balaban J connectivity index is 3.21. The van der Waals surface area contributed by atoms with Crippen molar-refractivity contribution in [1.82, 2.24) is 0 Å². The molecule has 6 heteroatoms. The van der Waals surface area contributed by atoms with Gasteiger partial charge in [-0.15, -0.1) is 0 Å². The van der Waals surface area contributed by atoms with Gasteiger partial charge in [-0.3, -0.25) is 0 Å². The van der Waals surface area contributed by atoms with Crippen LogP contribution in [0.4, 0.5) is 0 Å². The van der Waals surface area contributed by atoms with Gasteiger partial charge in [0.1, 0.15) is 0 Å². The van der Waals surface area contributed by atoms with E-state index in [-0.39, 0.29) is 6.61 Å². The molecule has 0 aliphatic carbocycles. The van der Waals surface area contributed by atoms with Gasteiger partial charge >= 0.3 is 0 Å². The van der Waals surface area contributed by atoms with Crippen molar-refractivity contribution in [3.63, 3.8) is 0 Å². The highest BCUT2D eigenvalue weighted by Crippen LogP contribution is 2.40. The van der Waals surface area contributed by atoms with Gasteiger partial charge in [0.2, 0.25) is 0 Å². The average Bonchev–Trinajstić information content (AvgIpc) is 2.11. The third-order valence-electron chi connectivity index (χ3n) is 1.20. The number of methoxy groups -OCH3 is 1. The second-order valence-corrected chi connectivity index (χ2v) is 3.94. The highest BCUT2D eigenvalue weighted by atomic mass is 31.2. The van der Waals surface area contributed by atoms with Gasteiger partial charge < -0.3 is 29.7 Å². The molecule has 0 fully saturated rings. The molecule has 0 amide bonds. The van der Waals surface area contributed by atoms with Gasteiger partial charge in [-0.2, -0.15) is 0 Å². The molecule has 0 aromatic heterocycles. The minimum atomic E-state index is -3.09. The lowest BCUT2D eigenvalue weighted by atomic mass is 10.7. The first-order valence-corrected chi connectivity index (χ1v) is 5.44. The van der Waals surface area contributed by atoms with Crippen molar-refractivity contribution in [2.75, 3.05) is 40.6 Å². The summed E-state index contributed by atoms with van der Waals surface area (Å²) in [5.74, 6) is 0. The molecule has 0 saturated carbocycles. The monoisotopic (exact) mass is 211 g/mol. The third-order valence-corrected chi connectivity index (χ3v) is 2.27. The van der Waals surface area contributed by atoms with E-state index in [1.807, 2.05) is 0 Å². The molecule has 0 heterocycles. The minimum absolute atomic E-state index is 0.207. The molecular weight excluding hydrogens is 195 g/mol. The highest BCUT2D eigenvalue weighted by molar-refractivity contribution is 7.58. The Morgan fingerprint density at radius 1 is 1.15 bits per heavy atom. The summed E-state index contributed by atoms with van der Waals surface area (Å²) in [6.07, 6.45) is 5.20. The van der Waals surface area contributed by atoms with Crippen molar-refractivity contribution >= 4 is 13.9 Å². The van der Waals surface area contributed by atoms with E-state index in [1.165, 1.54) is 7.11 Å². The first kappa shape index (κ1) is 13.1. The van der Waals surface area contributed by atoms with Crippen molar-refractivity contribution in [2.45, 2.75) is 0 Å². The van der Waals surface area contributed by atoms with Gasteiger partial charge in [0, 0.05) is 14.2 Å². The molecule has 80 valence electrons. The summed E-state index contributed by atoms with van der Waals surface area (Å²) < 4.78 is 19.1. The fourth-order valence-corrected chi connectivity index (χ4v) is 0.966. The van der Waals surface area contributed by atoms with E-state index in [0.29, 0.717) is 19.8 Å². The van der Waals surface area contributed by atoms with Crippen molar-refractivity contribution in [3.8, 4) is 0 Å². The molecule has 1 N–H and O–H groups in total. The van der Waals surface area contributed by atoms with Gasteiger partial charge in [0.15, 0.2) is 0 Å². The molecule has 0 aromatic rings. The topological polar surface area (TPSA) is 57.2 Å². The normalized spacial score (nSPS) is 15.6. The average molecular weight is 211 g/mol. The number of hydrogen-bond acceptors (Lipinski definition) is 5. The van der Waals surface area contributed by atoms with Crippen LogP contribution in [0, 0.1) is 0 Å². The third kappa shape index (κ3) is 8.43. The van der Waals surface area contributed by atoms with Crippen molar-refractivity contribution in [3.05, 3.63) is 0 Å². The summed E-state index contributed by atoms with van der Waals surface area (Å²) in [4.78, 5) is 9.09. The number of hydrogen-bond donors (Lipinski definition) is 1. The predicted octanol–water partition coefficient (Wildman–Crippen LogP) is 0.376. The van der Waals surface area contributed by atoms with Crippen LogP contribution in [-0.4, -0.2) is 51.8 Å². The van der Waals surface area contributed by atoms with E-state index >= 15 is 0 Å². The Morgan fingerprint density at radius 3 is 2.31 bits per heavy atom. The summed E-state index contributed by atoms with van der Waals surface area (Å²) >= 11 is 0. The van der Waals surface area contributed by atoms with Crippen LogP contribution < -0.4 is 0 Å². The maximum absolute atomic E-state index is 9.09. The lowest BCUT2D eigenvalue weighted by molar-refractivity contribution is 0.0509. The molecule has 0 aliphatic rings. The molecule has 5 nitrogen and oxygen atoms in total. The van der Waals surface area contributed by atoms with E-state index in [0.717, 1.165) is 0 Å². The smallest absolute Gasteiger partial charge is 0.0762 e. The Bertz CT molecular complexity index is 161. The first-order valence-electron chi connectivity index (χ1n) is 3.79. The molecule has 0 spiro atoms. The van der Waals surface area contributed by atoms with Crippen LogP contribution in [0.1, 0.15) is 0 Å². The van der Waals surface area contributed by atoms with Crippen LogP contribution in [0.15, 0.2) is 0 Å². The molecule has 1 unspecified atom stereocenters. The highest BCUT2D eigenvalue weighted by Gasteiger charge is 1.98. The Morgan fingerprint density at radius 2 is 1.77 bits per heavy atom. The largest absolute Gasteiger partial charge is 0.429 e. The first-order chi connectivity index (χ1) is 6.12. The Kier molecular flexibility index (Phi) is 7.56. The Hall–Kier alpha value is 0.100. The number of rotatable bonds is 8. The summed E-state index contributed by atoms with van der Waals surface area (Å²) in [5.41, 5.74) is 0. The summed E-state index contributed by atoms with van der Waals surface area (Å²) in [7, 11) is -0.207. The molecule has 13 heavy (non-hydrogen) atoms. The van der Waals surface area contributed by atoms with Gasteiger partial charge in [-0.05, 0) is 0 Å². The lowest BCUT2D eigenvalue weighted by Gasteiger charge is -2.22. The maximum atomic E-state index is 9.09. The summed E-state index contributed by atoms with van der Waals surface area (Å²) in [5, 5.41) is 0. The minimum Gasteiger partial charge on any atom is -0.429 e. The van der Waals surface area contributed by atoms with Crippen molar-refractivity contribution in [2.24, 2.45) is 0 Å². The van der Waals surface area contributed by atoms with E-state index in [4.69, 9.17) is 25.2 Å². The van der Waals surface area contributed by atoms with E-state index in [2.05, 4.69) is 4.52 Å². The van der Waals surface area contributed by atoms with Crippen LogP contribution in [0.2, 0.25) is 0 Å². The van der Waals surface area contributed by atoms with Crippen LogP contribution in [-0.2, 0) is 18.5 Å². The zero-order chi connectivity index (χ0) is 10.2. The van der Waals surface area contributed by atoms with E-state index in [1.54, 1.807) is 7.11 Å². The van der Waals surface area contributed by atoms with E-state index < -0.39 is 7.57 Å². The molecular formula is C7H16O5P-. The zero-order valence-corrected chi connectivity index (χ0v) is 8.83. The van der Waals surface area contributed by atoms with Crippen LogP contribution in [0.5, 0.6) is 0 Å². The molecule has 1 atom stereocenters. The summed E-state index contributed by atoms with van der Waals surface area (Å²) in [6, 6.07) is 0. The van der Waals surface area contributed by atoms with Crippen LogP contribution >= 0.6 is 7.57 Å². The lowest BCUT2D eigenvalue weighted by Crippen LogP contribution is -2.07. The standard InChI is InChI=1S/C7H16O5P/c1-9-4-5-11-6-7-12-13(3,8)10-2/h3,8H,4-7H2,1-2H3/q-1. The quantitative estimate of drug-likeness (QED) is 0.357. The summed E-state index contributed by atoms with van der Waals surface area (Å²) in [6.45, 7) is 1.59. The molecule has 0 bridgehead atoms. The van der Waals surface area contributed by atoms with Crippen molar-refractivity contribution < 1.29 is 23.4 Å². The maximum Gasteiger partial charge on any atom is 0.0762 e. The molecule has 0 rings (SSSR count). The fraction of sp³-hybridized carbons (Fsp3) is 0.857. The fourth-order valence-electron chi connectivity index (χ4n) is 0.524. The van der Waals surface area contributed by atoms with Gasteiger partial charge in [0.25, 0.3) is 0 Å². The van der Waals surface area contributed by atoms with Gasteiger partial charge in [0.05, 0.1) is 34.0 Å². The number of ether oxygens (including phenoxy) is 2. The van der Waals surface area contributed by atoms with Gasteiger partial charge in [-0.1, -0.05) is 0 Å².